The van der Waals surface area contributed by atoms with Crippen LogP contribution in [0.1, 0.15) is 36.3 Å². The van der Waals surface area contributed by atoms with Crippen molar-refractivity contribution in [2.45, 2.75) is 31.8 Å². The fourth-order valence-electron chi connectivity index (χ4n) is 3.80. The molecule has 0 saturated carbocycles. The smallest absolute Gasteiger partial charge is 0.205 e. The molecule has 4 rings (SSSR count). The number of nitriles is 1. The second kappa shape index (κ2) is 9.11. The fourth-order valence-corrected chi connectivity index (χ4v) is 4.96. The molecule has 2 aliphatic rings. The molecule has 158 valence electrons. The standard InChI is InChI=1S/C23H17Cl2IN2O3/c24-14-6-4-13(16(25)9-14)11-30-19-7-5-12(8-17(19)26)21-15(10-27)23(28)31-20-3-1-2-18(29)22(20)21/h4-9,21H,1-3,11,28H2/t21-/m1/s1. The van der Waals surface area contributed by atoms with Gasteiger partial charge in [-0.2, -0.15) is 5.26 Å². The van der Waals surface area contributed by atoms with Gasteiger partial charge in [0.2, 0.25) is 5.88 Å². The van der Waals surface area contributed by atoms with E-state index in [1.165, 1.54) is 0 Å². The van der Waals surface area contributed by atoms with E-state index in [2.05, 4.69) is 28.7 Å². The van der Waals surface area contributed by atoms with Crippen molar-refractivity contribution in [3.8, 4) is 11.8 Å². The van der Waals surface area contributed by atoms with E-state index in [1.807, 2.05) is 24.3 Å². The van der Waals surface area contributed by atoms with Gasteiger partial charge in [-0.05, 0) is 58.8 Å². The Labute approximate surface area is 203 Å². The van der Waals surface area contributed by atoms with Crippen molar-refractivity contribution in [1.82, 2.24) is 0 Å². The van der Waals surface area contributed by atoms with Crippen LogP contribution >= 0.6 is 45.8 Å². The summed E-state index contributed by atoms with van der Waals surface area (Å²) in [5.41, 5.74) is 8.43. The van der Waals surface area contributed by atoms with Crippen LogP contribution in [0.3, 0.4) is 0 Å². The summed E-state index contributed by atoms with van der Waals surface area (Å²) in [6, 6.07) is 13.0. The molecule has 0 spiro atoms. The Hall–Kier alpha value is -2.21. The second-order valence-corrected chi connectivity index (χ2v) is 9.26. The van der Waals surface area contributed by atoms with Gasteiger partial charge in [0.25, 0.3) is 0 Å². The molecular weight excluding hydrogens is 550 g/mol. The highest BCUT2D eigenvalue weighted by Crippen LogP contribution is 2.44. The van der Waals surface area contributed by atoms with E-state index in [9.17, 15) is 10.1 Å². The first-order chi connectivity index (χ1) is 14.9. The quantitative estimate of drug-likeness (QED) is 0.459. The maximum absolute atomic E-state index is 12.7. The van der Waals surface area contributed by atoms with Gasteiger partial charge in [0, 0.05) is 34.0 Å². The van der Waals surface area contributed by atoms with E-state index in [4.69, 9.17) is 38.4 Å². The van der Waals surface area contributed by atoms with Crippen LogP contribution in [0, 0.1) is 14.9 Å². The molecule has 5 nitrogen and oxygen atoms in total. The summed E-state index contributed by atoms with van der Waals surface area (Å²) in [6.45, 7) is 0.284. The summed E-state index contributed by atoms with van der Waals surface area (Å²) in [5.74, 6) is 0.773. The lowest BCUT2D eigenvalue weighted by molar-refractivity contribution is -0.116. The minimum Gasteiger partial charge on any atom is -0.488 e. The van der Waals surface area contributed by atoms with Crippen LogP contribution in [-0.4, -0.2) is 5.78 Å². The highest BCUT2D eigenvalue weighted by molar-refractivity contribution is 14.1. The van der Waals surface area contributed by atoms with Gasteiger partial charge in [0.1, 0.15) is 29.8 Å². The molecule has 31 heavy (non-hydrogen) atoms. The van der Waals surface area contributed by atoms with Crippen molar-refractivity contribution >= 4 is 51.6 Å². The second-order valence-electron chi connectivity index (χ2n) is 7.25. The molecule has 1 aliphatic heterocycles. The Morgan fingerprint density at radius 3 is 2.74 bits per heavy atom. The molecule has 1 heterocycles. The third kappa shape index (κ3) is 4.40. The van der Waals surface area contributed by atoms with Crippen molar-refractivity contribution in [2.24, 2.45) is 5.73 Å². The number of carbonyl (C=O) groups is 1. The average Bonchev–Trinajstić information content (AvgIpc) is 2.73. The van der Waals surface area contributed by atoms with Gasteiger partial charge in [0.15, 0.2) is 5.78 Å². The maximum atomic E-state index is 12.7. The molecule has 2 aromatic rings. The van der Waals surface area contributed by atoms with Crippen LogP contribution in [0.5, 0.6) is 5.75 Å². The third-order valence-corrected chi connectivity index (χ3v) is 6.72. The number of Topliss-reactive ketones (excluding diaryl/α,β-unsaturated/α-hetero) is 1. The van der Waals surface area contributed by atoms with Crippen LogP contribution < -0.4 is 10.5 Å². The van der Waals surface area contributed by atoms with E-state index >= 15 is 0 Å². The third-order valence-electron chi connectivity index (χ3n) is 5.29. The summed E-state index contributed by atoms with van der Waals surface area (Å²) in [4.78, 5) is 12.7. The van der Waals surface area contributed by atoms with Crippen molar-refractivity contribution in [3.05, 3.63) is 83.9 Å². The molecule has 0 unspecified atom stereocenters. The number of hydrogen-bond acceptors (Lipinski definition) is 5. The molecule has 0 amide bonds. The zero-order chi connectivity index (χ0) is 22.1. The average molecular weight is 567 g/mol. The Balaban J connectivity index is 1.64. The lowest BCUT2D eigenvalue weighted by atomic mass is 9.77. The summed E-state index contributed by atoms with van der Waals surface area (Å²) in [5, 5.41) is 10.8. The van der Waals surface area contributed by atoms with E-state index in [1.54, 1.807) is 12.1 Å². The molecular formula is C23H17Cl2IN2O3. The Kier molecular flexibility index (Phi) is 6.47. The number of halogens is 3. The number of ketones is 1. The fraction of sp³-hybridized carbons (Fsp3) is 0.217. The van der Waals surface area contributed by atoms with Crippen LogP contribution in [0.25, 0.3) is 0 Å². The first kappa shape index (κ1) is 22.0. The van der Waals surface area contributed by atoms with Gasteiger partial charge in [0.05, 0.1) is 9.49 Å². The minimum absolute atomic E-state index is 0.000727. The predicted octanol–water partition coefficient (Wildman–Crippen LogP) is 5.99. The number of rotatable bonds is 4. The van der Waals surface area contributed by atoms with Gasteiger partial charge in [-0.25, -0.2) is 0 Å². The number of hydrogen-bond donors (Lipinski definition) is 1. The predicted molar refractivity (Wildman–Crippen MR) is 126 cm³/mol. The molecule has 0 saturated heterocycles. The summed E-state index contributed by atoms with van der Waals surface area (Å²) < 4.78 is 12.4. The molecule has 0 fully saturated rings. The maximum Gasteiger partial charge on any atom is 0.205 e. The lowest BCUT2D eigenvalue weighted by Crippen LogP contribution is -2.27. The summed E-state index contributed by atoms with van der Waals surface area (Å²) in [6.07, 6.45) is 1.80. The van der Waals surface area contributed by atoms with Crippen LogP contribution in [0.4, 0.5) is 0 Å². The number of benzene rings is 2. The Morgan fingerprint density at radius 1 is 1.23 bits per heavy atom. The van der Waals surface area contributed by atoms with Crippen molar-refractivity contribution < 1.29 is 14.3 Å². The molecule has 0 radical (unpaired) electrons. The molecule has 1 aliphatic carbocycles. The van der Waals surface area contributed by atoms with Crippen molar-refractivity contribution in [1.29, 1.82) is 5.26 Å². The molecule has 0 bridgehead atoms. The van der Waals surface area contributed by atoms with E-state index in [0.717, 1.165) is 21.1 Å². The Bertz CT molecular complexity index is 1180. The van der Waals surface area contributed by atoms with Gasteiger partial charge in [-0.15, -0.1) is 0 Å². The van der Waals surface area contributed by atoms with Crippen LogP contribution in [0.15, 0.2) is 59.2 Å². The van der Waals surface area contributed by atoms with Crippen LogP contribution in [0.2, 0.25) is 10.0 Å². The SMILES string of the molecule is N#CC1=C(N)OC2=C(C(=O)CCC2)[C@@H]1c1ccc(OCc2ccc(Cl)cc2Cl)c(I)c1. The molecule has 0 aromatic heterocycles. The highest BCUT2D eigenvalue weighted by Gasteiger charge is 2.38. The number of allylic oxidation sites excluding steroid dienone is 3. The number of nitrogens with two attached hydrogens (primary N) is 1. The van der Waals surface area contributed by atoms with E-state index < -0.39 is 5.92 Å². The zero-order valence-electron chi connectivity index (χ0n) is 16.3. The van der Waals surface area contributed by atoms with Crippen LogP contribution in [-0.2, 0) is 16.1 Å². The first-order valence-corrected chi connectivity index (χ1v) is 11.4. The zero-order valence-corrected chi connectivity index (χ0v) is 19.9. The largest absolute Gasteiger partial charge is 0.488 e. The molecule has 1 atom stereocenters. The minimum atomic E-state index is -0.533. The van der Waals surface area contributed by atoms with E-state index in [0.29, 0.717) is 40.0 Å². The summed E-state index contributed by atoms with van der Waals surface area (Å²) in [7, 11) is 0. The van der Waals surface area contributed by atoms with Gasteiger partial charge in [-0.1, -0.05) is 35.3 Å². The Morgan fingerprint density at radius 2 is 2.03 bits per heavy atom. The van der Waals surface area contributed by atoms with Gasteiger partial charge < -0.3 is 15.2 Å². The van der Waals surface area contributed by atoms with Crippen molar-refractivity contribution in [2.75, 3.05) is 0 Å². The normalized spacial score (nSPS) is 18.4. The number of nitrogens with zero attached hydrogens (tertiary/aromatic N) is 1. The molecule has 8 heteroatoms. The number of ether oxygens (including phenoxy) is 2. The molecule has 2 aromatic carbocycles. The highest BCUT2D eigenvalue weighted by atomic mass is 127. The first-order valence-electron chi connectivity index (χ1n) is 9.59. The number of carbonyl (C=O) groups excluding carboxylic acids is 1. The summed E-state index contributed by atoms with van der Waals surface area (Å²) >= 11 is 14.3. The topological polar surface area (TPSA) is 85.3 Å². The lowest BCUT2D eigenvalue weighted by Gasteiger charge is -2.31. The van der Waals surface area contributed by atoms with Crippen molar-refractivity contribution in [3.63, 3.8) is 0 Å². The molecule has 2 N–H and O–H groups in total. The van der Waals surface area contributed by atoms with E-state index in [-0.39, 0.29) is 23.8 Å². The van der Waals surface area contributed by atoms with Gasteiger partial charge in [-0.3, -0.25) is 4.79 Å². The monoisotopic (exact) mass is 566 g/mol. The van der Waals surface area contributed by atoms with Gasteiger partial charge >= 0.3 is 0 Å².